The highest BCUT2D eigenvalue weighted by Gasteiger charge is 2.27. The summed E-state index contributed by atoms with van der Waals surface area (Å²) in [6.45, 7) is 4.34. The summed E-state index contributed by atoms with van der Waals surface area (Å²) in [5.74, 6) is 0.842. The van der Waals surface area contributed by atoms with Crippen LogP contribution in [0.15, 0.2) is 53.4 Å². The third-order valence-electron chi connectivity index (χ3n) is 5.66. The lowest BCUT2D eigenvalue weighted by molar-refractivity contribution is 0.514. The average molecular weight is 551 g/mol. The fourth-order valence-corrected chi connectivity index (χ4v) is 6.82. The Labute approximate surface area is 218 Å². The molecular weight excluding hydrogens is 520 g/mol. The van der Waals surface area contributed by atoms with Crippen molar-refractivity contribution in [2.24, 2.45) is 0 Å². The molecule has 0 radical (unpaired) electrons. The molecule has 0 bridgehead atoms. The molecule has 2 N–H and O–H groups in total. The number of unbranched alkanes of at least 4 members (excludes halogenated alkanes) is 1. The van der Waals surface area contributed by atoms with Gasteiger partial charge in [-0.25, -0.2) is 13.4 Å². The van der Waals surface area contributed by atoms with Gasteiger partial charge in [0.15, 0.2) is 0 Å². The van der Waals surface area contributed by atoms with Crippen molar-refractivity contribution in [2.75, 3.05) is 14.1 Å². The van der Waals surface area contributed by atoms with E-state index in [-0.39, 0.29) is 9.95 Å². The van der Waals surface area contributed by atoms with Crippen LogP contribution in [0.1, 0.15) is 42.5 Å². The van der Waals surface area contributed by atoms with Crippen molar-refractivity contribution >= 4 is 37.5 Å². The van der Waals surface area contributed by atoms with Gasteiger partial charge in [-0.05, 0) is 42.8 Å². The predicted octanol–water partition coefficient (Wildman–Crippen LogP) is 3.57. The molecule has 0 aliphatic heterocycles. The van der Waals surface area contributed by atoms with Crippen LogP contribution in [0.4, 0.5) is 0 Å². The topological polar surface area (TPSA) is 122 Å². The minimum atomic E-state index is -4.36. The summed E-state index contributed by atoms with van der Waals surface area (Å²) >= 11 is 5.05. The van der Waals surface area contributed by atoms with Crippen LogP contribution in [-0.4, -0.2) is 54.9 Å². The number of hydrogen-bond acceptors (Lipinski definition) is 6. The first-order valence-electron chi connectivity index (χ1n) is 11.3. The number of nitrogens with zero attached hydrogens (tertiary/aromatic N) is 3. The summed E-state index contributed by atoms with van der Waals surface area (Å²) in [4.78, 5) is 4.45. The summed E-state index contributed by atoms with van der Waals surface area (Å²) in [5.41, 5.74) is 3.06. The van der Waals surface area contributed by atoms with Crippen LogP contribution in [0.25, 0.3) is 11.1 Å². The van der Waals surface area contributed by atoms with Crippen LogP contribution in [0.3, 0.4) is 0 Å². The van der Waals surface area contributed by atoms with Gasteiger partial charge in [-0.15, -0.1) is 0 Å². The van der Waals surface area contributed by atoms with Gasteiger partial charge in [-0.1, -0.05) is 59.9 Å². The number of imidazole rings is 1. The Morgan fingerprint density at radius 3 is 2.31 bits per heavy atom. The summed E-state index contributed by atoms with van der Waals surface area (Å²) < 4.78 is 54.6. The fourth-order valence-electron chi connectivity index (χ4n) is 3.77. The normalized spacial score (nSPS) is 12.2. The Bertz CT molecular complexity index is 1460. The largest absolute Gasteiger partial charge is 0.497 e. The molecule has 194 valence electrons. The zero-order valence-electron chi connectivity index (χ0n) is 20.6. The molecule has 0 saturated heterocycles. The molecule has 0 saturated carbocycles. The van der Waals surface area contributed by atoms with Gasteiger partial charge in [-0.2, -0.15) is 12.7 Å². The molecule has 3 rings (SSSR count). The highest BCUT2D eigenvalue weighted by atomic mass is 32.3. The summed E-state index contributed by atoms with van der Waals surface area (Å²) in [6, 6.07) is 13.5. The van der Waals surface area contributed by atoms with Crippen LogP contribution < -0.4 is 4.13 Å². The number of aromatic nitrogens is 2. The van der Waals surface area contributed by atoms with Crippen LogP contribution >= 0.6 is 12.2 Å². The van der Waals surface area contributed by atoms with Crippen molar-refractivity contribution in [3.63, 3.8) is 0 Å². The number of aliphatic hydroxyl groups is 1. The van der Waals surface area contributed by atoms with E-state index < -0.39 is 20.2 Å². The van der Waals surface area contributed by atoms with E-state index >= 15 is 0 Å². The second kappa shape index (κ2) is 11.2. The number of aliphatic hydroxyl groups excluding tert-OH is 1. The monoisotopic (exact) mass is 550 g/mol. The molecule has 0 unspecified atom stereocenters. The summed E-state index contributed by atoms with van der Waals surface area (Å²) in [7, 11) is -6.08. The molecule has 0 atom stereocenters. The molecule has 0 spiro atoms. The highest BCUT2D eigenvalue weighted by Crippen LogP contribution is 2.28. The van der Waals surface area contributed by atoms with Crippen molar-refractivity contribution < 1.29 is 21.9 Å². The third kappa shape index (κ3) is 6.19. The van der Waals surface area contributed by atoms with Crippen molar-refractivity contribution in [1.29, 1.82) is 0 Å². The Morgan fingerprint density at radius 2 is 1.72 bits per heavy atom. The molecule has 0 aliphatic carbocycles. The van der Waals surface area contributed by atoms with Gasteiger partial charge in [0.1, 0.15) is 11.5 Å². The van der Waals surface area contributed by atoms with Crippen molar-refractivity contribution in [1.82, 2.24) is 18.0 Å². The van der Waals surface area contributed by atoms with Crippen molar-refractivity contribution in [2.45, 2.75) is 44.6 Å². The third-order valence-corrected chi connectivity index (χ3v) is 9.47. The van der Waals surface area contributed by atoms with E-state index in [2.05, 4.69) is 11.9 Å². The Balaban J connectivity index is 1.96. The van der Waals surface area contributed by atoms with Gasteiger partial charge < -0.3 is 9.67 Å². The number of aryl methyl sites for hydroxylation is 2. The molecule has 3 aromatic rings. The number of hydrogen-bond donors (Lipinski definition) is 2. The molecule has 0 aliphatic rings. The lowest BCUT2D eigenvalue weighted by Gasteiger charge is -2.15. The second-order valence-corrected chi connectivity index (χ2v) is 12.7. The second-order valence-electron chi connectivity index (χ2n) is 8.52. The van der Waals surface area contributed by atoms with Crippen LogP contribution in [0.5, 0.6) is 0 Å². The van der Waals surface area contributed by atoms with E-state index in [0.29, 0.717) is 29.1 Å². The van der Waals surface area contributed by atoms with Gasteiger partial charge in [-0.3, -0.25) is 0 Å². The zero-order valence-corrected chi connectivity index (χ0v) is 23.0. The predicted molar refractivity (Wildman–Crippen MR) is 144 cm³/mol. The molecule has 2 aromatic carbocycles. The first-order chi connectivity index (χ1) is 16.9. The first kappa shape index (κ1) is 27.9. The number of sulfonamides is 1. The standard InChI is InChI=1S/C24H30N4O5S3/c1-5-6-11-22-25-17(2)23(24(29)34)28(22)16-18-12-14-19(15-13-18)20-9-7-8-10-21(20)35(30,31)26-36(32,33)27(3)4/h7-10,12-15,26H,5-6,11,16H2,1-4H3,(H,29,34). The molecule has 1 heterocycles. The SMILES string of the molecule is CCCCc1nc(C)c(C(O)=S)n1Cc1ccc(-c2ccccc2S(=O)(=O)NS(=O)(=O)N(C)C)cc1. The minimum Gasteiger partial charge on any atom is -0.497 e. The molecule has 36 heavy (non-hydrogen) atoms. The van der Waals surface area contributed by atoms with Gasteiger partial charge in [0.25, 0.3) is 20.2 Å². The Morgan fingerprint density at radius 1 is 1.08 bits per heavy atom. The fraction of sp³-hybridized carbons (Fsp3) is 0.333. The van der Waals surface area contributed by atoms with E-state index in [4.69, 9.17) is 12.2 Å². The molecule has 1 aromatic heterocycles. The smallest absolute Gasteiger partial charge is 0.292 e. The molecule has 0 fully saturated rings. The lowest BCUT2D eigenvalue weighted by atomic mass is 10.0. The zero-order chi connectivity index (χ0) is 26.7. The molecule has 9 nitrogen and oxygen atoms in total. The van der Waals surface area contributed by atoms with Gasteiger partial charge in [0.2, 0.25) is 5.05 Å². The minimum absolute atomic E-state index is 0.150. The van der Waals surface area contributed by atoms with Gasteiger partial charge in [0, 0.05) is 32.6 Å². The lowest BCUT2D eigenvalue weighted by Crippen LogP contribution is -2.39. The van der Waals surface area contributed by atoms with Crippen LogP contribution in [0, 0.1) is 6.92 Å². The number of benzene rings is 2. The Kier molecular flexibility index (Phi) is 8.67. The summed E-state index contributed by atoms with van der Waals surface area (Å²) in [6.07, 6.45) is 2.72. The number of thiocarbonyl (C=S) groups is 1. The first-order valence-corrected chi connectivity index (χ1v) is 14.6. The van der Waals surface area contributed by atoms with Crippen LogP contribution in [0.2, 0.25) is 0 Å². The average Bonchev–Trinajstić information content (AvgIpc) is 3.12. The maximum atomic E-state index is 12.9. The van der Waals surface area contributed by atoms with Gasteiger partial charge in [0.05, 0.1) is 10.6 Å². The van der Waals surface area contributed by atoms with Crippen molar-refractivity contribution in [3.8, 4) is 11.1 Å². The van der Waals surface area contributed by atoms with E-state index in [1.165, 1.54) is 26.2 Å². The van der Waals surface area contributed by atoms with E-state index in [1.807, 2.05) is 23.6 Å². The maximum Gasteiger partial charge on any atom is 0.292 e. The molecular formula is C24H30N4O5S3. The van der Waals surface area contributed by atoms with E-state index in [9.17, 15) is 21.9 Å². The number of rotatable bonds is 11. The Hall–Kier alpha value is -2.64. The van der Waals surface area contributed by atoms with Crippen LogP contribution in [-0.2, 0) is 33.2 Å². The molecule has 0 amide bonds. The highest BCUT2D eigenvalue weighted by molar-refractivity contribution is 8.03. The van der Waals surface area contributed by atoms with E-state index in [1.54, 1.807) is 28.4 Å². The number of nitrogens with one attached hydrogen (secondary N) is 1. The maximum absolute atomic E-state index is 12.9. The van der Waals surface area contributed by atoms with E-state index in [0.717, 1.165) is 35.0 Å². The molecule has 12 heteroatoms. The summed E-state index contributed by atoms with van der Waals surface area (Å²) in [5, 5.41) is 9.87. The van der Waals surface area contributed by atoms with Crippen molar-refractivity contribution in [3.05, 3.63) is 71.3 Å². The van der Waals surface area contributed by atoms with Gasteiger partial charge >= 0.3 is 0 Å². The quantitative estimate of drug-likeness (QED) is 0.350.